The van der Waals surface area contributed by atoms with Crippen molar-refractivity contribution in [2.45, 2.75) is 0 Å². The molecule has 0 unspecified atom stereocenters. The van der Waals surface area contributed by atoms with Crippen LogP contribution in [0.4, 0.5) is 0 Å². The van der Waals surface area contributed by atoms with Gasteiger partial charge in [0.2, 0.25) is 5.91 Å². The fourth-order valence-electron chi connectivity index (χ4n) is 2.60. The minimum atomic E-state index is -1.12. The van der Waals surface area contributed by atoms with E-state index in [9.17, 15) is 9.59 Å². The molecule has 15 nitrogen and oxygen atoms in total. The Morgan fingerprint density at radius 3 is 1.12 bits per heavy atom. The quantitative estimate of drug-likeness (QED) is 0.0707. The molecule has 0 saturated carbocycles. The summed E-state index contributed by atoms with van der Waals surface area (Å²) < 4.78 is 58.1. The van der Waals surface area contributed by atoms with Crippen LogP contribution in [0.1, 0.15) is 0 Å². The SMILES string of the molecule is C=COCCOCCOCCOCCOCCOCCOCCOCCOCCOCCNC(=O)COCC(=O)O. The van der Waals surface area contributed by atoms with Gasteiger partial charge in [0.25, 0.3) is 0 Å². The van der Waals surface area contributed by atoms with Gasteiger partial charge in [-0.3, -0.25) is 4.79 Å². The number of carbonyl (C=O) groups excluding carboxylic acids is 1. The highest BCUT2D eigenvalue weighted by Gasteiger charge is 2.03. The summed E-state index contributed by atoms with van der Waals surface area (Å²) in [5.41, 5.74) is 0. The number of carboxylic acid groups (broad SMARTS) is 1. The highest BCUT2D eigenvalue weighted by molar-refractivity contribution is 5.77. The summed E-state index contributed by atoms with van der Waals surface area (Å²) in [5, 5.41) is 11.0. The highest BCUT2D eigenvalue weighted by Crippen LogP contribution is 1.86. The molecule has 1 amide bonds. The van der Waals surface area contributed by atoms with Gasteiger partial charge in [0.15, 0.2) is 0 Å². The van der Waals surface area contributed by atoms with Gasteiger partial charge in [-0.05, 0) is 0 Å². The van der Waals surface area contributed by atoms with Crippen LogP contribution >= 0.6 is 0 Å². The predicted molar refractivity (Wildman–Crippen MR) is 145 cm³/mol. The van der Waals surface area contributed by atoms with E-state index in [1.807, 2.05) is 0 Å². The molecule has 0 aliphatic carbocycles. The fraction of sp³-hybridized carbons (Fsp3) is 0.846. The van der Waals surface area contributed by atoms with E-state index in [1.165, 1.54) is 6.26 Å². The second kappa shape index (κ2) is 34.3. The molecule has 0 aromatic carbocycles. The van der Waals surface area contributed by atoms with E-state index in [0.717, 1.165) is 0 Å². The van der Waals surface area contributed by atoms with Crippen LogP contribution in [-0.4, -0.2) is 162 Å². The zero-order chi connectivity index (χ0) is 29.9. The molecule has 242 valence electrons. The molecule has 0 saturated heterocycles. The average molecular weight is 600 g/mol. The second-order valence-corrected chi connectivity index (χ2v) is 7.79. The first-order valence-corrected chi connectivity index (χ1v) is 13.6. The number of ether oxygens (including phenoxy) is 11. The Hall–Kier alpha value is -1.92. The normalized spacial score (nSPS) is 11.0. The van der Waals surface area contributed by atoms with Gasteiger partial charge in [0.1, 0.15) is 19.8 Å². The molecule has 0 heterocycles. The smallest absolute Gasteiger partial charge is 0.329 e. The Bertz CT molecular complexity index is 584. The van der Waals surface area contributed by atoms with Crippen LogP contribution in [0.25, 0.3) is 0 Å². The second-order valence-electron chi connectivity index (χ2n) is 7.79. The molecule has 15 heteroatoms. The molecule has 0 atom stereocenters. The van der Waals surface area contributed by atoms with Gasteiger partial charge in [-0.25, -0.2) is 4.79 Å². The Kier molecular flexibility index (Phi) is 32.7. The summed E-state index contributed by atoms with van der Waals surface area (Å²) in [6.07, 6.45) is 1.39. The molecular formula is C26H49NO14. The summed E-state index contributed by atoms with van der Waals surface area (Å²) in [5.74, 6) is -1.52. The third-order valence-corrected chi connectivity index (χ3v) is 4.47. The number of carbonyl (C=O) groups is 2. The van der Waals surface area contributed by atoms with Gasteiger partial charge >= 0.3 is 5.97 Å². The summed E-state index contributed by atoms with van der Waals surface area (Å²) in [4.78, 5) is 21.6. The molecule has 0 aromatic heterocycles. The summed E-state index contributed by atoms with van der Waals surface area (Å²) >= 11 is 0. The number of amides is 1. The number of nitrogens with one attached hydrogen (secondary N) is 1. The first kappa shape index (κ1) is 39.1. The molecular weight excluding hydrogens is 550 g/mol. The standard InChI is InChI=1S/C26H49NO14/c1-2-31-5-6-33-9-10-35-13-14-37-17-18-39-21-22-40-20-19-38-16-15-36-12-11-34-8-7-32-4-3-27-25(28)23-41-24-26(29)30/h2H,1,3-24H2,(H,27,28)(H,29,30). The van der Waals surface area contributed by atoms with Crippen LogP contribution in [0.15, 0.2) is 12.8 Å². The van der Waals surface area contributed by atoms with E-state index in [1.54, 1.807) is 0 Å². The van der Waals surface area contributed by atoms with E-state index in [4.69, 9.17) is 52.5 Å². The maximum absolute atomic E-state index is 11.3. The van der Waals surface area contributed by atoms with E-state index in [0.29, 0.717) is 132 Å². The lowest BCUT2D eigenvalue weighted by molar-refractivity contribution is -0.143. The first-order chi connectivity index (χ1) is 20.2. The van der Waals surface area contributed by atoms with E-state index in [2.05, 4.69) is 16.6 Å². The number of hydrogen-bond donors (Lipinski definition) is 2. The Balaban J connectivity index is 3.09. The summed E-state index contributed by atoms with van der Waals surface area (Å²) in [6.45, 7) is 11.8. The van der Waals surface area contributed by atoms with Crippen molar-refractivity contribution in [3.8, 4) is 0 Å². The molecule has 0 radical (unpaired) electrons. The zero-order valence-electron chi connectivity index (χ0n) is 24.1. The van der Waals surface area contributed by atoms with Gasteiger partial charge in [-0.1, -0.05) is 6.58 Å². The van der Waals surface area contributed by atoms with Crippen LogP contribution in [0, 0.1) is 0 Å². The van der Waals surface area contributed by atoms with Crippen LogP contribution in [0.2, 0.25) is 0 Å². The molecule has 0 spiro atoms. The van der Waals surface area contributed by atoms with Crippen molar-refractivity contribution >= 4 is 11.9 Å². The maximum atomic E-state index is 11.3. The molecule has 0 aliphatic rings. The topological polar surface area (TPSA) is 168 Å². The van der Waals surface area contributed by atoms with Crippen molar-refractivity contribution < 1.29 is 66.8 Å². The lowest BCUT2D eigenvalue weighted by Gasteiger charge is -2.09. The maximum Gasteiger partial charge on any atom is 0.329 e. The van der Waals surface area contributed by atoms with Gasteiger partial charge in [-0.15, -0.1) is 0 Å². The van der Waals surface area contributed by atoms with Crippen LogP contribution in [-0.2, 0) is 61.7 Å². The first-order valence-electron chi connectivity index (χ1n) is 13.6. The summed E-state index contributed by atoms with van der Waals surface area (Å²) in [6, 6.07) is 0. The van der Waals surface area contributed by atoms with Gasteiger partial charge in [-0.2, -0.15) is 0 Å². The minimum Gasteiger partial charge on any atom is -0.499 e. The minimum absolute atomic E-state index is 0.300. The van der Waals surface area contributed by atoms with Crippen LogP contribution in [0.3, 0.4) is 0 Å². The van der Waals surface area contributed by atoms with Crippen molar-refractivity contribution in [3.05, 3.63) is 12.8 Å². The Morgan fingerprint density at radius 1 is 0.488 bits per heavy atom. The zero-order valence-corrected chi connectivity index (χ0v) is 24.1. The Labute approximate surface area is 242 Å². The lowest BCUT2D eigenvalue weighted by Crippen LogP contribution is -2.31. The average Bonchev–Trinajstić information content (AvgIpc) is 2.95. The van der Waals surface area contributed by atoms with Gasteiger partial charge in [0, 0.05) is 6.54 Å². The summed E-state index contributed by atoms with van der Waals surface area (Å²) in [7, 11) is 0. The number of carboxylic acids is 1. The third kappa shape index (κ3) is 36.1. The van der Waals surface area contributed by atoms with Crippen molar-refractivity contribution in [3.63, 3.8) is 0 Å². The van der Waals surface area contributed by atoms with Crippen molar-refractivity contribution in [1.82, 2.24) is 5.32 Å². The van der Waals surface area contributed by atoms with E-state index in [-0.39, 0.29) is 6.61 Å². The molecule has 0 rings (SSSR count). The largest absolute Gasteiger partial charge is 0.499 e. The van der Waals surface area contributed by atoms with Crippen molar-refractivity contribution in [1.29, 1.82) is 0 Å². The molecule has 0 aromatic rings. The van der Waals surface area contributed by atoms with Crippen LogP contribution in [0.5, 0.6) is 0 Å². The lowest BCUT2D eigenvalue weighted by atomic mass is 10.6. The number of rotatable bonds is 35. The monoisotopic (exact) mass is 599 g/mol. The molecule has 2 N–H and O–H groups in total. The molecule has 0 fully saturated rings. The third-order valence-electron chi connectivity index (χ3n) is 4.47. The van der Waals surface area contributed by atoms with Crippen LogP contribution < -0.4 is 5.32 Å². The molecule has 41 heavy (non-hydrogen) atoms. The highest BCUT2D eigenvalue weighted by atomic mass is 16.6. The van der Waals surface area contributed by atoms with Crippen molar-refractivity contribution in [2.75, 3.05) is 145 Å². The fourth-order valence-corrected chi connectivity index (χ4v) is 2.60. The number of hydrogen-bond acceptors (Lipinski definition) is 13. The Morgan fingerprint density at radius 2 is 0.805 bits per heavy atom. The van der Waals surface area contributed by atoms with Gasteiger partial charge < -0.3 is 62.5 Å². The van der Waals surface area contributed by atoms with E-state index >= 15 is 0 Å². The molecule has 0 aliphatic heterocycles. The van der Waals surface area contributed by atoms with Gasteiger partial charge in [0.05, 0.1) is 125 Å². The van der Waals surface area contributed by atoms with Crippen molar-refractivity contribution in [2.24, 2.45) is 0 Å². The van der Waals surface area contributed by atoms with E-state index < -0.39 is 18.5 Å². The molecule has 0 bridgehead atoms. The predicted octanol–water partition coefficient (Wildman–Crippen LogP) is -0.487. The number of aliphatic carboxylic acids is 1.